The molecule has 8 heteroatoms. The van der Waals surface area contributed by atoms with Gasteiger partial charge in [-0.3, -0.25) is 4.57 Å². The summed E-state index contributed by atoms with van der Waals surface area (Å²) in [6.45, 7) is 10.7. The molecule has 0 bridgehead atoms. The Bertz CT molecular complexity index is 280. The predicted molar refractivity (Wildman–Crippen MR) is 86.6 cm³/mol. The topological polar surface area (TPSA) is 49.4 Å². The smallest absolute Gasteiger partial charge is 0.398 e. The average molecular weight is 338 g/mol. The number of hydrogen-bond donors (Lipinski definition) is 0. The molecule has 6 nitrogen and oxygen atoms in total. The molecule has 0 saturated carbocycles. The zero-order valence-electron chi connectivity index (χ0n) is 14.1. The maximum Gasteiger partial charge on any atom is 0.427 e. The second kappa shape index (κ2) is 9.36. The second-order valence-electron chi connectivity index (χ2n) is 5.22. The Kier molecular flexibility index (Phi) is 8.58. The molecule has 0 radical (unpaired) electrons. The Labute approximate surface area is 131 Å². The summed E-state index contributed by atoms with van der Waals surface area (Å²) in [7, 11) is -1.06. The zero-order chi connectivity index (χ0) is 15.8. The molecule has 0 aromatic carbocycles. The van der Waals surface area contributed by atoms with Crippen LogP contribution in [0.5, 0.6) is 0 Å². The monoisotopic (exact) mass is 337 g/mol. The van der Waals surface area contributed by atoms with E-state index in [0.717, 1.165) is 38.4 Å². The standard InChI is InChI=1S/C13H31NO5Si2/c1-6-18-21(19-7-2,14-8-10-17-11-9-14)13-12-20(5,15-3)16-4/h6-13H2,1-5H3. The highest BCUT2D eigenvalue weighted by molar-refractivity contribution is 6.71. The molecule has 126 valence electrons. The first-order valence-corrected chi connectivity index (χ1v) is 12.3. The van der Waals surface area contributed by atoms with Crippen LogP contribution in [0.2, 0.25) is 18.6 Å². The molecular weight excluding hydrogens is 306 g/mol. The summed E-state index contributed by atoms with van der Waals surface area (Å²) in [6.07, 6.45) is 0. The minimum atomic E-state index is -2.41. The molecule has 0 N–H and O–H groups in total. The maximum atomic E-state index is 6.19. The van der Waals surface area contributed by atoms with Gasteiger partial charge in [0.25, 0.3) is 0 Å². The van der Waals surface area contributed by atoms with E-state index in [1.165, 1.54) is 0 Å². The fourth-order valence-electron chi connectivity index (χ4n) is 2.55. The van der Waals surface area contributed by atoms with Crippen LogP contribution in [-0.2, 0) is 22.4 Å². The number of morpholine rings is 1. The van der Waals surface area contributed by atoms with E-state index in [9.17, 15) is 0 Å². The highest BCUT2D eigenvalue weighted by Gasteiger charge is 2.47. The lowest BCUT2D eigenvalue weighted by Gasteiger charge is -2.42. The van der Waals surface area contributed by atoms with Crippen molar-refractivity contribution in [1.82, 2.24) is 4.57 Å². The van der Waals surface area contributed by atoms with Crippen LogP contribution in [0.4, 0.5) is 0 Å². The normalized spacial score (nSPS) is 18.1. The van der Waals surface area contributed by atoms with Crippen LogP contribution in [-0.4, -0.2) is 75.6 Å². The van der Waals surface area contributed by atoms with Crippen LogP contribution in [0.1, 0.15) is 13.8 Å². The molecule has 1 heterocycles. The molecule has 0 aliphatic carbocycles. The van der Waals surface area contributed by atoms with Gasteiger partial charge in [0.05, 0.1) is 13.2 Å². The van der Waals surface area contributed by atoms with Gasteiger partial charge in [0.2, 0.25) is 0 Å². The van der Waals surface area contributed by atoms with Crippen LogP contribution in [0, 0.1) is 0 Å². The zero-order valence-corrected chi connectivity index (χ0v) is 16.1. The van der Waals surface area contributed by atoms with E-state index in [0.29, 0.717) is 13.2 Å². The summed E-state index contributed by atoms with van der Waals surface area (Å²) < 4.78 is 31.5. The molecule has 0 aromatic heterocycles. The van der Waals surface area contributed by atoms with Gasteiger partial charge in [0, 0.05) is 46.6 Å². The summed E-state index contributed by atoms with van der Waals surface area (Å²) >= 11 is 0. The third-order valence-corrected chi connectivity index (χ3v) is 11.1. The van der Waals surface area contributed by atoms with Crippen LogP contribution in [0.3, 0.4) is 0 Å². The van der Waals surface area contributed by atoms with Gasteiger partial charge in [-0.1, -0.05) is 0 Å². The lowest BCUT2D eigenvalue weighted by molar-refractivity contribution is 0.0315. The van der Waals surface area contributed by atoms with Gasteiger partial charge in [-0.2, -0.15) is 0 Å². The Morgan fingerprint density at radius 3 is 1.90 bits per heavy atom. The molecule has 0 spiro atoms. The quantitative estimate of drug-likeness (QED) is 0.566. The van der Waals surface area contributed by atoms with Crippen molar-refractivity contribution >= 4 is 17.3 Å². The van der Waals surface area contributed by atoms with Crippen LogP contribution < -0.4 is 0 Å². The first kappa shape index (κ1) is 19.2. The molecular formula is C13H31NO5Si2. The Balaban J connectivity index is 2.82. The maximum absolute atomic E-state index is 6.19. The van der Waals surface area contributed by atoms with Crippen molar-refractivity contribution in [2.24, 2.45) is 0 Å². The van der Waals surface area contributed by atoms with Crippen molar-refractivity contribution in [2.75, 3.05) is 53.7 Å². The highest BCUT2D eigenvalue weighted by Crippen LogP contribution is 2.27. The summed E-state index contributed by atoms with van der Waals surface area (Å²) in [5, 5.41) is 0. The third kappa shape index (κ3) is 5.40. The Morgan fingerprint density at radius 1 is 0.952 bits per heavy atom. The molecule has 1 aliphatic heterocycles. The summed E-state index contributed by atoms with van der Waals surface area (Å²) in [5.41, 5.74) is 0. The number of nitrogens with zero attached hydrogens (tertiary/aromatic N) is 1. The molecule has 1 fully saturated rings. The van der Waals surface area contributed by atoms with Crippen LogP contribution in [0.15, 0.2) is 0 Å². The molecule has 1 saturated heterocycles. The van der Waals surface area contributed by atoms with E-state index in [4.69, 9.17) is 22.4 Å². The highest BCUT2D eigenvalue weighted by atomic mass is 28.4. The largest absolute Gasteiger partial charge is 0.427 e. The van der Waals surface area contributed by atoms with E-state index in [-0.39, 0.29) is 0 Å². The van der Waals surface area contributed by atoms with E-state index in [1.807, 2.05) is 13.8 Å². The molecule has 0 aromatic rings. The van der Waals surface area contributed by atoms with Crippen molar-refractivity contribution in [2.45, 2.75) is 32.5 Å². The van der Waals surface area contributed by atoms with Crippen LogP contribution >= 0.6 is 0 Å². The van der Waals surface area contributed by atoms with Crippen molar-refractivity contribution in [3.63, 3.8) is 0 Å². The van der Waals surface area contributed by atoms with Gasteiger partial charge in [-0.25, -0.2) is 0 Å². The predicted octanol–water partition coefficient (Wildman–Crippen LogP) is 1.70. The van der Waals surface area contributed by atoms with Gasteiger partial charge < -0.3 is 22.4 Å². The molecule has 21 heavy (non-hydrogen) atoms. The third-order valence-electron chi connectivity index (χ3n) is 3.99. The van der Waals surface area contributed by atoms with Gasteiger partial charge >= 0.3 is 17.3 Å². The van der Waals surface area contributed by atoms with Crippen molar-refractivity contribution < 1.29 is 22.4 Å². The van der Waals surface area contributed by atoms with Crippen molar-refractivity contribution in [3.05, 3.63) is 0 Å². The molecule has 0 atom stereocenters. The van der Waals surface area contributed by atoms with E-state index in [2.05, 4.69) is 11.1 Å². The molecule has 0 unspecified atom stereocenters. The van der Waals surface area contributed by atoms with Crippen LogP contribution in [0.25, 0.3) is 0 Å². The van der Waals surface area contributed by atoms with Gasteiger partial charge in [0.1, 0.15) is 0 Å². The van der Waals surface area contributed by atoms with Gasteiger partial charge in [0.15, 0.2) is 0 Å². The van der Waals surface area contributed by atoms with Crippen molar-refractivity contribution in [1.29, 1.82) is 0 Å². The minimum Gasteiger partial charge on any atom is -0.398 e. The van der Waals surface area contributed by atoms with Gasteiger partial charge in [-0.05, 0) is 26.4 Å². The first-order valence-electron chi connectivity index (χ1n) is 7.77. The lowest BCUT2D eigenvalue weighted by atomic mass is 10.5. The number of hydrogen-bond acceptors (Lipinski definition) is 6. The average Bonchev–Trinajstić information content (AvgIpc) is 2.53. The number of rotatable bonds is 10. The van der Waals surface area contributed by atoms with E-state index < -0.39 is 17.3 Å². The van der Waals surface area contributed by atoms with E-state index >= 15 is 0 Å². The molecule has 0 amide bonds. The van der Waals surface area contributed by atoms with Gasteiger partial charge in [-0.15, -0.1) is 0 Å². The van der Waals surface area contributed by atoms with Crippen molar-refractivity contribution in [3.8, 4) is 0 Å². The SMILES string of the molecule is CCO[Si](CC[Si](C)(OC)OC)(OCC)N1CCOCC1. The Hall–Kier alpha value is 0.194. The fraction of sp³-hybridized carbons (Fsp3) is 1.00. The minimum absolute atomic E-state index is 0.668. The molecule has 1 rings (SSSR count). The first-order chi connectivity index (χ1) is 10.1. The summed E-state index contributed by atoms with van der Waals surface area (Å²) in [4.78, 5) is 0. The fourth-order valence-corrected chi connectivity index (χ4v) is 9.03. The summed E-state index contributed by atoms with van der Waals surface area (Å²) in [6, 6.07) is 1.75. The number of ether oxygens (including phenoxy) is 1. The Morgan fingerprint density at radius 2 is 1.48 bits per heavy atom. The molecule has 1 aliphatic rings. The lowest BCUT2D eigenvalue weighted by Crippen LogP contribution is -2.62. The summed E-state index contributed by atoms with van der Waals surface area (Å²) in [5.74, 6) is 0. The van der Waals surface area contributed by atoms with E-state index in [1.54, 1.807) is 14.2 Å². The second-order valence-corrected chi connectivity index (χ2v) is 11.9.